The molecule has 8 heteroatoms. The number of ether oxygens (including phenoxy) is 2. The second-order valence-electron chi connectivity index (χ2n) is 11.2. The zero-order chi connectivity index (χ0) is 25.1. The van der Waals surface area contributed by atoms with Gasteiger partial charge in [-0.25, -0.2) is 4.79 Å². The molecule has 1 aromatic carbocycles. The number of aliphatic hydroxyl groups excluding tert-OH is 1. The summed E-state index contributed by atoms with van der Waals surface area (Å²) in [5, 5.41) is 14.0. The van der Waals surface area contributed by atoms with E-state index in [2.05, 4.69) is 33.9 Å². The van der Waals surface area contributed by atoms with E-state index in [-0.39, 0.29) is 12.1 Å². The molecule has 2 aliphatic heterocycles. The predicted molar refractivity (Wildman–Crippen MR) is 141 cm³/mol. The van der Waals surface area contributed by atoms with Crippen LogP contribution >= 0.6 is 0 Å². The van der Waals surface area contributed by atoms with Gasteiger partial charge in [-0.05, 0) is 63.0 Å². The lowest BCUT2D eigenvalue weighted by Crippen LogP contribution is -2.52. The molecular formula is C28H42N4O4. The number of aliphatic hydroxyl groups is 1. The van der Waals surface area contributed by atoms with Gasteiger partial charge in [0.2, 0.25) is 5.88 Å². The Balaban J connectivity index is 1.06. The third-order valence-electron chi connectivity index (χ3n) is 8.45. The molecule has 3 fully saturated rings. The van der Waals surface area contributed by atoms with Gasteiger partial charge in [-0.1, -0.05) is 19.4 Å². The van der Waals surface area contributed by atoms with Crippen LogP contribution in [0.15, 0.2) is 24.3 Å². The number of H-pyrrole nitrogens is 1. The Labute approximate surface area is 214 Å². The number of carbonyl (C=O) groups is 1. The number of aromatic nitrogens is 1. The average molecular weight is 499 g/mol. The normalized spacial score (nSPS) is 25.4. The van der Waals surface area contributed by atoms with E-state index in [0.29, 0.717) is 23.8 Å². The molecule has 198 valence electrons. The minimum absolute atomic E-state index is 0.125. The Morgan fingerprint density at radius 3 is 2.72 bits per heavy atom. The molecule has 3 heterocycles. The van der Waals surface area contributed by atoms with E-state index in [1.165, 1.54) is 19.3 Å². The first-order valence-corrected chi connectivity index (χ1v) is 13.8. The fourth-order valence-electron chi connectivity index (χ4n) is 5.76. The maximum absolute atomic E-state index is 12.6. The molecule has 0 bridgehead atoms. The highest BCUT2D eigenvalue weighted by Gasteiger charge is 2.29. The lowest BCUT2D eigenvalue weighted by atomic mass is 9.86. The summed E-state index contributed by atoms with van der Waals surface area (Å²) in [6, 6.07) is 8.36. The van der Waals surface area contributed by atoms with E-state index in [0.717, 1.165) is 75.2 Å². The molecule has 3 atom stereocenters. The molecule has 5 rings (SSSR count). The van der Waals surface area contributed by atoms with Crippen molar-refractivity contribution in [2.75, 3.05) is 39.3 Å². The molecule has 0 radical (unpaired) electrons. The van der Waals surface area contributed by atoms with Crippen molar-refractivity contribution in [2.45, 2.75) is 70.6 Å². The number of aromatic amines is 1. The molecule has 36 heavy (non-hydrogen) atoms. The fourth-order valence-corrected chi connectivity index (χ4v) is 5.76. The van der Waals surface area contributed by atoms with E-state index in [4.69, 9.17) is 9.47 Å². The molecule has 3 N–H and O–H groups in total. The van der Waals surface area contributed by atoms with Crippen LogP contribution in [-0.2, 0) is 0 Å². The number of hydrogen-bond donors (Lipinski definition) is 3. The fraction of sp³-hybridized carbons (Fsp3) is 0.679. The summed E-state index contributed by atoms with van der Waals surface area (Å²) in [6.45, 7) is 10.1. The number of amides is 1. The molecule has 2 saturated heterocycles. The summed E-state index contributed by atoms with van der Waals surface area (Å²) in [4.78, 5) is 20.8. The van der Waals surface area contributed by atoms with Crippen LogP contribution in [-0.4, -0.2) is 83.5 Å². The van der Waals surface area contributed by atoms with Gasteiger partial charge in [0.25, 0.3) is 0 Å². The maximum Gasteiger partial charge on any atom is 0.414 e. The van der Waals surface area contributed by atoms with Crippen molar-refractivity contribution >= 4 is 17.0 Å². The van der Waals surface area contributed by atoms with E-state index < -0.39 is 6.09 Å². The number of carbonyl (C=O) groups excluding carboxylic acids is 1. The third-order valence-corrected chi connectivity index (χ3v) is 8.45. The van der Waals surface area contributed by atoms with Crippen LogP contribution in [0.5, 0.6) is 11.6 Å². The quantitative estimate of drug-likeness (QED) is 0.510. The van der Waals surface area contributed by atoms with Gasteiger partial charge in [-0.3, -0.25) is 4.90 Å². The van der Waals surface area contributed by atoms with Crippen LogP contribution < -0.4 is 14.8 Å². The molecule has 3 aliphatic rings. The van der Waals surface area contributed by atoms with Crippen LogP contribution in [0.4, 0.5) is 4.79 Å². The molecule has 1 amide bonds. The number of fused-ring (bicyclic) bond motifs is 1. The highest BCUT2D eigenvalue weighted by atomic mass is 16.6. The molecule has 1 aromatic heterocycles. The van der Waals surface area contributed by atoms with Gasteiger partial charge in [0.1, 0.15) is 5.75 Å². The minimum atomic E-state index is -0.411. The Bertz CT molecular complexity index is 1010. The predicted octanol–water partition coefficient (Wildman–Crippen LogP) is 3.99. The lowest BCUT2D eigenvalue weighted by molar-refractivity contribution is 0.0116. The van der Waals surface area contributed by atoms with Crippen LogP contribution in [0.25, 0.3) is 10.9 Å². The smallest absolute Gasteiger partial charge is 0.414 e. The van der Waals surface area contributed by atoms with E-state index in [9.17, 15) is 9.90 Å². The second kappa shape index (κ2) is 11.4. The zero-order valence-electron chi connectivity index (χ0n) is 21.7. The summed E-state index contributed by atoms with van der Waals surface area (Å²) in [5.74, 6) is 2.28. The number of nitrogens with one attached hydrogen (secondary N) is 2. The monoisotopic (exact) mass is 498 g/mol. The first kappa shape index (κ1) is 25.4. The van der Waals surface area contributed by atoms with Crippen molar-refractivity contribution in [3.63, 3.8) is 0 Å². The SMILES string of the molecule is C[C@@H]1CN([C@@H](C)CN2CCC(NC(=O)Oc3cc4c(OCC5CCC5)cccc4[nH]3)CC2)CC[C@H]1O. The topological polar surface area (TPSA) is 90.1 Å². The number of benzene rings is 1. The Morgan fingerprint density at radius 1 is 1.19 bits per heavy atom. The van der Waals surface area contributed by atoms with Crippen molar-refractivity contribution in [3.05, 3.63) is 24.3 Å². The number of hydrogen-bond acceptors (Lipinski definition) is 6. The summed E-state index contributed by atoms with van der Waals surface area (Å²) >= 11 is 0. The van der Waals surface area contributed by atoms with Crippen LogP contribution in [0, 0.1) is 11.8 Å². The zero-order valence-corrected chi connectivity index (χ0v) is 21.7. The molecule has 1 saturated carbocycles. The standard InChI is InChI=1S/C28H42N4O4/c1-19-16-32(14-11-25(19)33)20(2)17-31-12-9-22(10-13-31)29-28(34)36-27-15-23-24(30-27)7-4-8-26(23)35-18-21-5-3-6-21/h4,7-8,15,19-22,25,30,33H,3,5-6,9-14,16-18H2,1-2H3,(H,29,34)/t19-,20+,25-/m1/s1. The number of likely N-dealkylation sites (tertiary alicyclic amines) is 2. The largest absolute Gasteiger partial charge is 0.493 e. The van der Waals surface area contributed by atoms with Crippen LogP contribution in [0.3, 0.4) is 0 Å². The Hall–Kier alpha value is -2.29. The summed E-state index contributed by atoms with van der Waals surface area (Å²) < 4.78 is 11.7. The van der Waals surface area contributed by atoms with Crippen LogP contribution in [0.1, 0.15) is 52.4 Å². The van der Waals surface area contributed by atoms with Crippen LogP contribution in [0.2, 0.25) is 0 Å². The van der Waals surface area contributed by atoms with E-state index >= 15 is 0 Å². The van der Waals surface area contributed by atoms with Crippen molar-refractivity contribution in [2.24, 2.45) is 11.8 Å². The van der Waals surface area contributed by atoms with Gasteiger partial charge in [0.05, 0.1) is 18.2 Å². The molecule has 8 nitrogen and oxygen atoms in total. The van der Waals surface area contributed by atoms with Crippen molar-refractivity contribution < 1.29 is 19.4 Å². The molecule has 0 unspecified atom stereocenters. The highest BCUT2D eigenvalue weighted by Crippen LogP contribution is 2.32. The van der Waals surface area contributed by atoms with E-state index in [1.54, 1.807) is 0 Å². The molecule has 2 aromatic rings. The van der Waals surface area contributed by atoms with Gasteiger partial charge >= 0.3 is 6.09 Å². The van der Waals surface area contributed by atoms with Crippen molar-refractivity contribution in [3.8, 4) is 11.6 Å². The highest BCUT2D eigenvalue weighted by molar-refractivity contribution is 5.88. The molecular weight excluding hydrogens is 456 g/mol. The van der Waals surface area contributed by atoms with Gasteiger partial charge < -0.3 is 29.8 Å². The van der Waals surface area contributed by atoms with Gasteiger partial charge in [-0.2, -0.15) is 0 Å². The van der Waals surface area contributed by atoms with Gasteiger partial charge in [0.15, 0.2) is 0 Å². The van der Waals surface area contributed by atoms with Crippen molar-refractivity contribution in [1.29, 1.82) is 0 Å². The number of nitrogens with zero attached hydrogens (tertiary/aromatic N) is 2. The van der Waals surface area contributed by atoms with Gasteiger partial charge in [-0.15, -0.1) is 0 Å². The summed E-state index contributed by atoms with van der Waals surface area (Å²) in [7, 11) is 0. The number of rotatable bonds is 8. The molecule has 1 aliphatic carbocycles. The first-order chi connectivity index (χ1) is 17.4. The van der Waals surface area contributed by atoms with E-state index in [1.807, 2.05) is 24.3 Å². The Morgan fingerprint density at radius 2 is 2.00 bits per heavy atom. The summed E-state index contributed by atoms with van der Waals surface area (Å²) in [5.41, 5.74) is 0.906. The lowest BCUT2D eigenvalue weighted by Gasteiger charge is -2.41. The second-order valence-corrected chi connectivity index (χ2v) is 11.2. The first-order valence-electron chi connectivity index (χ1n) is 13.8. The third kappa shape index (κ3) is 6.15. The molecule has 0 spiro atoms. The van der Waals surface area contributed by atoms with Gasteiger partial charge in [0, 0.05) is 56.3 Å². The number of piperidine rings is 2. The minimum Gasteiger partial charge on any atom is -0.493 e. The summed E-state index contributed by atoms with van der Waals surface area (Å²) in [6.07, 6.45) is 5.93. The average Bonchev–Trinajstić information content (AvgIpc) is 3.24. The Kier molecular flexibility index (Phi) is 8.03. The maximum atomic E-state index is 12.6. The van der Waals surface area contributed by atoms with Crippen molar-refractivity contribution in [1.82, 2.24) is 20.1 Å².